The van der Waals surface area contributed by atoms with Gasteiger partial charge < -0.3 is 9.64 Å². The lowest BCUT2D eigenvalue weighted by atomic mass is 9.76. The second kappa shape index (κ2) is 9.57. The van der Waals surface area contributed by atoms with Crippen molar-refractivity contribution in [3.63, 3.8) is 0 Å². The number of hydrogen-bond acceptors (Lipinski definition) is 3. The highest BCUT2D eigenvalue weighted by molar-refractivity contribution is 8.01. The normalized spacial score (nSPS) is 19.5. The van der Waals surface area contributed by atoms with Crippen molar-refractivity contribution in [1.29, 1.82) is 0 Å². The number of halogens is 1. The van der Waals surface area contributed by atoms with Gasteiger partial charge in [0.05, 0.1) is 13.2 Å². The van der Waals surface area contributed by atoms with E-state index in [0.717, 1.165) is 27.3 Å². The zero-order valence-electron chi connectivity index (χ0n) is 18.7. The van der Waals surface area contributed by atoms with Gasteiger partial charge in [-0.2, -0.15) is 0 Å². The first-order chi connectivity index (χ1) is 16.6. The Kier molecular flexibility index (Phi) is 6.36. The van der Waals surface area contributed by atoms with E-state index in [2.05, 4.69) is 24.3 Å². The lowest BCUT2D eigenvalue weighted by Gasteiger charge is -2.56. The van der Waals surface area contributed by atoms with Crippen molar-refractivity contribution in [2.75, 3.05) is 7.11 Å². The molecule has 5 rings (SSSR count). The number of likely N-dealkylation sites (tertiary alicyclic amines) is 1. The molecular weight excluding hydrogens is 462 g/mol. The van der Waals surface area contributed by atoms with E-state index >= 15 is 0 Å². The van der Waals surface area contributed by atoms with E-state index in [4.69, 9.17) is 16.3 Å². The van der Waals surface area contributed by atoms with Crippen molar-refractivity contribution < 1.29 is 9.53 Å². The van der Waals surface area contributed by atoms with E-state index in [-0.39, 0.29) is 11.9 Å². The fraction of sp³-hybridized carbons (Fsp3) is 0.138. The van der Waals surface area contributed by atoms with Crippen LogP contribution in [0.15, 0.2) is 114 Å². The number of β-lactam (4-membered cyclic amide) rings is 1. The van der Waals surface area contributed by atoms with Gasteiger partial charge in [0.1, 0.15) is 10.5 Å². The minimum atomic E-state index is -0.809. The molecule has 5 heteroatoms. The van der Waals surface area contributed by atoms with Crippen LogP contribution in [0.5, 0.6) is 5.75 Å². The number of thioether (sulfide) groups is 1. The number of carbonyl (C=O) groups excluding carboxylic acids is 1. The number of amides is 1. The number of hydrogen-bond donors (Lipinski definition) is 0. The standard InChI is InChI=1S/C29H24ClNO2S/c1-33-25-18-14-23(15-19-25)29(34-26-10-6-3-7-11-26)27(22-12-16-24(30)17-13-22)31(28(29)32)20-21-8-4-2-5-9-21/h2-19,27H,20H2,1H3/t27-,29-/m1/s1. The molecule has 4 aromatic rings. The summed E-state index contributed by atoms with van der Waals surface area (Å²) >= 11 is 7.83. The van der Waals surface area contributed by atoms with Crippen molar-refractivity contribution in [2.45, 2.75) is 22.2 Å². The van der Waals surface area contributed by atoms with Crippen LogP contribution >= 0.6 is 23.4 Å². The average Bonchev–Trinajstić information content (AvgIpc) is 2.89. The zero-order chi connectivity index (χ0) is 23.5. The van der Waals surface area contributed by atoms with E-state index in [9.17, 15) is 4.79 Å². The van der Waals surface area contributed by atoms with Gasteiger partial charge in [-0.15, -0.1) is 11.8 Å². The molecule has 1 aliphatic heterocycles. The molecule has 3 nitrogen and oxygen atoms in total. The topological polar surface area (TPSA) is 29.5 Å². The minimum absolute atomic E-state index is 0.0929. The number of benzene rings is 4. The molecule has 0 saturated carbocycles. The predicted molar refractivity (Wildman–Crippen MR) is 138 cm³/mol. The van der Waals surface area contributed by atoms with Gasteiger partial charge in [-0.25, -0.2) is 0 Å². The molecule has 2 atom stereocenters. The summed E-state index contributed by atoms with van der Waals surface area (Å²) in [6.07, 6.45) is 0. The van der Waals surface area contributed by atoms with Crippen LogP contribution in [-0.4, -0.2) is 17.9 Å². The van der Waals surface area contributed by atoms with E-state index in [0.29, 0.717) is 11.6 Å². The minimum Gasteiger partial charge on any atom is -0.497 e. The molecule has 1 amide bonds. The maximum Gasteiger partial charge on any atom is 0.247 e. The number of methoxy groups -OCH3 is 1. The number of rotatable bonds is 7. The van der Waals surface area contributed by atoms with Crippen molar-refractivity contribution in [1.82, 2.24) is 4.90 Å². The van der Waals surface area contributed by atoms with Crippen LogP contribution in [0.2, 0.25) is 5.02 Å². The molecule has 0 aromatic heterocycles. The third kappa shape index (κ3) is 4.08. The van der Waals surface area contributed by atoms with Crippen LogP contribution in [0, 0.1) is 0 Å². The fourth-order valence-electron chi connectivity index (χ4n) is 4.56. The highest BCUT2D eigenvalue weighted by atomic mass is 35.5. The summed E-state index contributed by atoms with van der Waals surface area (Å²) in [7, 11) is 1.65. The fourth-order valence-corrected chi connectivity index (χ4v) is 6.18. The van der Waals surface area contributed by atoms with Gasteiger partial charge in [0, 0.05) is 16.5 Å². The van der Waals surface area contributed by atoms with Crippen molar-refractivity contribution in [3.05, 3.63) is 131 Å². The molecule has 0 N–H and O–H groups in total. The Balaban J connectivity index is 1.64. The molecular formula is C29H24ClNO2S. The predicted octanol–water partition coefficient (Wildman–Crippen LogP) is 7.12. The van der Waals surface area contributed by atoms with Gasteiger partial charge in [0.15, 0.2) is 0 Å². The highest BCUT2D eigenvalue weighted by Gasteiger charge is 2.62. The molecule has 1 heterocycles. The first-order valence-electron chi connectivity index (χ1n) is 11.1. The second-order valence-corrected chi connectivity index (χ2v) is 10.0. The highest BCUT2D eigenvalue weighted by Crippen LogP contribution is 2.61. The summed E-state index contributed by atoms with van der Waals surface area (Å²) in [5.41, 5.74) is 3.11. The molecule has 0 aliphatic carbocycles. The lowest BCUT2D eigenvalue weighted by Crippen LogP contribution is -2.63. The van der Waals surface area contributed by atoms with Gasteiger partial charge in [0.2, 0.25) is 5.91 Å². The first-order valence-corrected chi connectivity index (χ1v) is 12.3. The van der Waals surface area contributed by atoms with Crippen LogP contribution < -0.4 is 4.74 Å². The molecule has 0 spiro atoms. The van der Waals surface area contributed by atoms with Crippen LogP contribution in [0.1, 0.15) is 22.7 Å². The molecule has 1 aliphatic rings. The van der Waals surface area contributed by atoms with E-state index in [1.165, 1.54) is 0 Å². The number of nitrogens with zero attached hydrogens (tertiary/aromatic N) is 1. The van der Waals surface area contributed by atoms with Gasteiger partial charge in [-0.1, -0.05) is 84.4 Å². The van der Waals surface area contributed by atoms with Crippen LogP contribution in [-0.2, 0) is 16.1 Å². The van der Waals surface area contributed by atoms with Crippen LogP contribution in [0.3, 0.4) is 0 Å². The Morgan fingerprint density at radius 1 is 0.853 bits per heavy atom. The smallest absolute Gasteiger partial charge is 0.247 e. The van der Waals surface area contributed by atoms with E-state index in [1.807, 2.05) is 89.8 Å². The van der Waals surface area contributed by atoms with E-state index < -0.39 is 4.75 Å². The van der Waals surface area contributed by atoms with E-state index in [1.54, 1.807) is 18.9 Å². The molecule has 4 aromatic carbocycles. The third-order valence-corrected chi connectivity index (χ3v) is 7.91. The van der Waals surface area contributed by atoms with Crippen LogP contribution in [0.25, 0.3) is 0 Å². The van der Waals surface area contributed by atoms with Crippen LogP contribution in [0.4, 0.5) is 0 Å². The number of carbonyl (C=O) groups is 1. The Morgan fingerprint density at radius 2 is 1.47 bits per heavy atom. The molecule has 0 bridgehead atoms. The van der Waals surface area contributed by atoms with Crippen molar-refractivity contribution in [2.24, 2.45) is 0 Å². The van der Waals surface area contributed by atoms with Crippen molar-refractivity contribution >= 4 is 29.3 Å². The Labute approximate surface area is 209 Å². The third-order valence-electron chi connectivity index (χ3n) is 6.20. The monoisotopic (exact) mass is 485 g/mol. The number of ether oxygens (including phenoxy) is 1. The van der Waals surface area contributed by atoms with Gasteiger partial charge in [-0.3, -0.25) is 4.79 Å². The Bertz CT molecular complexity index is 1260. The Hall–Kier alpha value is -3.21. The molecule has 34 heavy (non-hydrogen) atoms. The quantitative estimate of drug-likeness (QED) is 0.261. The molecule has 1 fully saturated rings. The summed E-state index contributed by atoms with van der Waals surface area (Å²) in [4.78, 5) is 17.2. The summed E-state index contributed by atoms with van der Waals surface area (Å²) < 4.78 is 4.58. The summed E-state index contributed by atoms with van der Waals surface area (Å²) in [5.74, 6) is 0.856. The molecule has 170 valence electrons. The summed E-state index contributed by atoms with van der Waals surface area (Å²) in [5, 5.41) is 0.676. The Morgan fingerprint density at radius 3 is 2.09 bits per heavy atom. The van der Waals surface area contributed by atoms with Gasteiger partial charge in [-0.05, 0) is 53.1 Å². The molecule has 0 radical (unpaired) electrons. The SMILES string of the molecule is COc1ccc([C@]2(Sc3ccccc3)C(=O)N(Cc3ccccc3)[C@@H]2c2ccc(Cl)cc2)cc1. The molecule has 0 unspecified atom stereocenters. The second-order valence-electron chi connectivity index (χ2n) is 8.25. The lowest BCUT2D eigenvalue weighted by molar-refractivity contribution is -0.154. The summed E-state index contributed by atoms with van der Waals surface area (Å²) in [6.45, 7) is 0.542. The van der Waals surface area contributed by atoms with Gasteiger partial charge in [0.25, 0.3) is 0 Å². The maximum absolute atomic E-state index is 14.1. The van der Waals surface area contributed by atoms with Gasteiger partial charge >= 0.3 is 0 Å². The molecule has 1 saturated heterocycles. The first kappa shape index (κ1) is 22.6. The zero-order valence-corrected chi connectivity index (χ0v) is 20.3. The average molecular weight is 486 g/mol. The van der Waals surface area contributed by atoms with Crippen molar-refractivity contribution in [3.8, 4) is 5.75 Å². The summed E-state index contributed by atoms with van der Waals surface area (Å²) in [6, 6.07) is 35.8. The maximum atomic E-state index is 14.1. The largest absolute Gasteiger partial charge is 0.497 e.